The quantitative estimate of drug-likeness (QED) is 0.768. The molecular weight excluding hydrogens is 278 g/mol. The molecule has 0 aliphatic rings. The number of rotatable bonds is 5. The second-order valence-electron chi connectivity index (χ2n) is 4.50. The molecule has 0 aliphatic carbocycles. The van der Waals surface area contributed by atoms with Crippen LogP contribution in [-0.4, -0.2) is 29.7 Å². The number of benzene rings is 1. The highest BCUT2D eigenvalue weighted by Gasteiger charge is 2.14. The van der Waals surface area contributed by atoms with Gasteiger partial charge in [0.1, 0.15) is 6.33 Å². The molecule has 0 bridgehead atoms. The molecule has 108 valence electrons. The zero-order valence-corrected chi connectivity index (χ0v) is 12.2. The Labute approximate surface area is 117 Å². The van der Waals surface area contributed by atoms with E-state index in [0.29, 0.717) is 17.9 Å². The SMILES string of the molecule is Cc1cc(S(=O)(=O)NCCc2ncn(C)n2)ccc1N. The van der Waals surface area contributed by atoms with Crippen molar-refractivity contribution in [1.29, 1.82) is 0 Å². The van der Waals surface area contributed by atoms with Gasteiger partial charge in [-0.3, -0.25) is 4.68 Å². The monoisotopic (exact) mass is 295 g/mol. The van der Waals surface area contributed by atoms with E-state index in [4.69, 9.17) is 5.73 Å². The molecule has 2 rings (SSSR count). The van der Waals surface area contributed by atoms with Crippen LogP contribution in [0.25, 0.3) is 0 Å². The maximum atomic E-state index is 12.1. The van der Waals surface area contributed by atoms with Crippen LogP contribution in [0, 0.1) is 6.92 Å². The minimum absolute atomic E-state index is 0.207. The lowest BCUT2D eigenvalue weighted by Crippen LogP contribution is -2.26. The molecule has 0 saturated carbocycles. The number of aromatic nitrogens is 3. The van der Waals surface area contributed by atoms with Gasteiger partial charge in [-0.05, 0) is 30.7 Å². The van der Waals surface area contributed by atoms with E-state index in [-0.39, 0.29) is 11.4 Å². The average molecular weight is 295 g/mol. The van der Waals surface area contributed by atoms with Gasteiger partial charge in [0.25, 0.3) is 0 Å². The van der Waals surface area contributed by atoms with Crippen molar-refractivity contribution in [3.05, 3.63) is 35.9 Å². The lowest BCUT2D eigenvalue weighted by Gasteiger charge is -2.07. The molecule has 0 atom stereocenters. The Morgan fingerprint density at radius 2 is 2.15 bits per heavy atom. The van der Waals surface area contributed by atoms with Gasteiger partial charge >= 0.3 is 0 Å². The van der Waals surface area contributed by atoms with E-state index in [2.05, 4.69) is 14.8 Å². The molecule has 8 heteroatoms. The second-order valence-corrected chi connectivity index (χ2v) is 6.27. The first-order valence-corrected chi connectivity index (χ1v) is 7.57. The van der Waals surface area contributed by atoms with Gasteiger partial charge in [-0.15, -0.1) is 0 Å². The molecule has 20 heavy (non-hydrogen) atoms. The second kappa shape index (κ2) is 5.59. The van der Waals surface area contributed by atoms with Gasteiger partial charge in [0, 0.05) is 25.7 Å². The Kier molecular flexibility index (Phi) is 4.05. The number of nitrogens with one attached hydrogen (secondary N) is 1. The molecular formula is C12H17N5O2S. The van der Waals surface area contributed by atoms with Gasteiger partial charge in [0.05, 0.1) is 4.90 Å². The third kappa shape index (κ3) is 3.34. The van der Waals surface area contributed by atoms with Crippen LogP contribution in [0.15, 0.2) is 29.4 Å². The van der Waals surface area contributed by atoms with E-state index in [1.807, 2.05) is 0 Å². The van der Waals surface area contributed by atoms with Crippen LogP contribution in [0.1, 0.15) is 11.4 Å². The maximum Gasteiger partial charge on any atom is 0.240 e. The van der Waals surface area contributed by atoms with Crippen LogP contribution in [0.4, 0.5) is 5.69 Å². The minimum Gasteiger partial charge on any atom is -0.399 e. The molecule has 0 spiro atoms. The summed E-state index contributed by atoms with van der Waals surface area (Å²) in [5.74, 6) is 0.601. The average Bonchev–Trinajstić information content (AvgIpc) is 2.78. The third-order valence-electron chi connectivity index (χ3n) is 2.84. The summed E-state index contributed by atoms with van der Waals surface area (Å²) in [5, 5.41) is 4.08. The summed E-state index contributed by atoms with van der Waals surface area (Å²) < 4.78 is 28.3. The summed E-state index contributed by atoms with van der Waals surface area (Å²) in [6.45, 7) is 2.02. The highest BCUT2D eigenvalue weighted by Crippen LogP contribution is 2.16. The predicted molar refractivity (Wildman–Crippen MR) is 75.5 cm³/mol. The van der Waals surface area contributed by atoms with Crippen molar-refractivity contribution in [2.75, 3.05) is 12.3 Å². The Morgan fingerprint density at radius 1 is 1.40 bits per heavy atom. The Bertz CT molecular complexity index is 708. The predicted octanol–water partition coefficient (Wildman–Crippen LogP) is 0.227. The van der Waals surface area contributed by atoms with E-state index in [1.54, 1.807) is 37.1 Å². The zero-order chi connectivity index (χ0) is 14.8. The van der Waals surface area contributed by atoms with Gasteiger partial charge in [-0.25, -0.2) is 18.1 Å². The van der Waals surface area contributed by atoms with Crippen LogP contribution < -0.4 is 10.5 Å². The number of anilines is 1. The number of nitrogens with zero attached hydrogens (tertiary/aromatic N) is 3. The van der Waals surface area contributed by atoms with Crippen molar-refractivity contribution in [2.24, 2.45) is 7.05 Å². The molecule has 2 aromatic rings. The van der Waals surface area contributed by atoms with E-state index in [1.165, 1.54) is 6.07 Å². The van der Waals surface area contributed by atoms with Crippen molar-refractivity contribution < 1.29 is 8.42 Å². The fourth-order valence-electron chi connectivity index (χ4n) is 1.69. The fourth-order valence-corrected chi connectivity index (χ4v) is 2.81. The standard InChI is InChI=1S/C12H17N5O2S/c1-9-7-10(3-4-11(9)13)20(18,19)15-6-5-12-14-8-17(2)16-12/h3-4,7-8,15H,5-6,13H2,1-2H3. The lowest BCUT2D eigenvalue weighted by molar-refractivity contribution is 0.580. The molecule has 0 unspecified atom stereocenters. The third-order valence-corrected chi connectivity index (χ3v) is 4.30. The summed E-state index contributed by atoms with van der Waals surface area (Å²) in [6, 6.07) is 4.63. The largest absolute Gasteiger partial charge is 0.399 e. The van der Waals surface area contributed by atoms with Crippen molar-refractivity contribution in [2.45, 2.75) is 18.2 Å². The Hall–Kier alpha value is -1.93. The van der Waals surface area contributed by atoms with E-state index in [0.717, 1.165) is 5.56 Å². The molecule has 0 amide bonds. The van der Waals surface area contributed by atoms with Gasteiger partial charge in [-0.2, -0.15) is 5.10 Å². The number of hydrogen-bond donors (Lipinski definition) is 2. The Balaban J connectivity index is 2.02. The van der Waals surface area contributed by atoms with Crippen LogP contribution >= 0.6 is 0 Å². The highest BCUT2D eigenvalue weighted by molar-refractivity contribution is 7.89. The van der Waals surface area contributed by atoms with Gasteiger partial charge in [0.15, 0.2) is 5.82 Å². The number of nitrogen functional groups attached to an aromatic ring is 1. The Morgan fingerprint density at radius 3 is 2.75 bits per heavy atom. The molecule has 3 N–H and O–H groups in total. The van der Waals surface area contributed by atoms with Crippen LogP contribution in [0.2, 0.25) is 0 Å². The van der Waals surface area contributed by atoms with E-state index >= 15 is 0 Å². The lowest BCUT2D eigenvalue weighted by atomic mass is 10.2. The minimum atomic E-state index is -3.53. The molecule has 1 heterocycles. The molecule has 0 aliphatic heterocycles. The molecule has 0 saturated heterocycles. The number of hydrogen-bond acceptors (Lipinski definition) is 5. The topological polar surface area (TPSA) is 103 Å². The summed E-state index contributed by atoms with van der Waals surface area (Å²) in [6.07, 6.45) is 2.02. The van der Waals surface area contributed by atoms with Crippen molar-refractivity contribution in [3.63, 3.8) is 0 Å². The van der Waals surface area contributed by atoms with Crippen LogP contribution in [0.5, 0.6) is 0 Å². The first kappa shape index (κ1) is 14.5. The van der Waals surface area contributed by atoms with Gasteiger partial charge in [-0.1, -0.05) is 0 Å². The van der Waals surface area contributed by atoms with E-state index in [9.17, 15) is 8.42 Å². The molecule has 7 nitrogen and oxygen atoms in total. The maximum absolute atomic E-state index is 12.1. The summed E-state index contributed by atoms with van der Waals surface area (Å²) in [4.78, 5) is 4.24. The fraction of sp³-hybridized carbons (Fsp3) is 0.333. The molecule has 0 radical (unpaired) electrons. The summed E-state index contributed by atoms with van der Waals surface area (Å²) >= 11 is 0. The van der Waals surface area contributed by atoms with Crippen molar-refractivity contribution in [1.82, 2.24) is 19.5 Å². The smallest absolute Gasteiger partial charge is 0.240 e. The molecule has 1 aromatic carbocycles. The van der Waals surface area contributed by atoms with Gasteiger partial charge in [0.2, 0.25) is 10.0 Å². The van der Waals surface area contributed by atoms with Gasteiger partial charge < -0.3 is 5.73 Å². The normalized spacial score (nSPS) is 11.7. The zero-order valence-electron chi connectivity index (χ0n) is 11.4. The first-order chi connectivity index (χ1) is 9.38. The van der Waals surface area contributed by atoms with Crippen LogP contribution in [-0.2, 0) is 23.5 Å². The number of sulfonamides is 1. The number of nitrogens with two attached hydrogens (primary N) is 1. The highest BCUT2D eigenvalue weighted by atomic mass is 32.2. The first-order valence-electron chi connectivity index (χ1n) is 6.09. The molecule has 1 aromatic heterocycles. The van der Waals surface area contributed by atoms with Crippen molar-refractivity contribution in [3.8, 4) is 0 Å². The summed E-state index contributed by atoms with van der Waals surface area (Å²) in [7, 11) is -1.77. The van der Waals surface area contributed by atoms with E-state index < -0.39 is 10.0 Å². The molecule has 0 fully saturated rings. The van der Waals surface area contributed by atoms with Crippen LogP contribution in [0.3, 0.4) is 0 Å². The summed E-state index contributed by atoms with van der Waals surface area (Å²) in [5.41, 5.74) is 6.98. The van der Waals surface area contributed by atoms with Crippen molar-refractivity contribution >= 4 is 15.7 Å². The number of aryl methyl sites for hydroxylation is 2.